The Labute approximate surface area is 225 Å². The van der Waals surface area contributed by atoms with Gasteiger partial charge in [-0.25, -0.2) is 8.78 Å². The molecular formula is C31H29F2N3O3. The van der Waals surface area contributed by atoms with Crippen LogP contribution in [0.5, 0.6) is 5.75 Å². The van der Waals surface area contributed by atoms with Crippen LogP contribution in [0.3, 0.4) is 0 Å². The molecule has 1 unspecified atom stereocenters. The maximum atomic E-state index is 15.3. The van der Waals surface area contributed by atoms with Gasteiger partial charge in [0.1, 0.15) is 12.2 Å². The summed E-state index contributed by atoms with van der Waals surface area (Å²) in [5.41, 5.74) is 2.66. The highest BCUT2D eigenvalue weighted by atomic mass is 19.2. The van der Waals surface area contributed by atoms with Gasteiger partial charge in [0.2, 0.25) is 5.43 Å². The summed E-state index contributed by atoms with van der Waals surface area (Å²) >= 11 is 0. The van der Waals surface area contributed by atoms with Crippen molar-refractivity contribution < 1.29 is 18.3 Å². The highest BCUT2D eigenvalue weighted by Crippen LogP contribution is 2.56. The third-order valence-electron chi connectivity index (χ3n) is 8.49. The molecule has 39 heavy (non-hydrogen) atoms. The molecule has 6 nitrogen and oxygen atoms in total. The number of amides is 1. The largest absolute Gasteiger partial charge is 0.487 e. The molecule has 0 spiro atoms. The summed E-state index contributed by atoms with van der Waals surface area (Å²) < 4.78 is 37.4. The van der Waals surface area contributed by atoms with Crippen molar-refractivity contribution in [2.24, 2.45) is 5.92 Å². The molecule has 7 rings (SSSR count). The molecule has 3 aromatic rings. The summed E-state index contributed by atoms with van der Waals surface area (Å²) in [6, 6.07) is 12.2. The molecule has 1 saturated carbocycles. The zero-order valence-electron chi connectivity index (χ0n) is 21.8. The van der Waals surface area contributed by atoms with Gasteiger partial charge in [-0.1, -0.05) is 49.8 Å². The van der Waals surface area contributed by atoms with Gasteiger partial charge in [0.15, 0.2) is 23.1 Å². The first-order chi connectivity index (χ1) is 18.9. The molecule has 0 bridgehead atoms. The lowest BCUT2D eigenvalue weighted by molar-refractivity contribution is 0.0655. The van der Waals surface area contributed by atoms with Gasteiger partial charge in [0, 0.05) is 30.8 Å². The number of carbonyl (C=O) groups is 1. The van der Waals surface area contributed by atoms with Gasteiger partial charge in [0.25, 0.3) is 5.91 Å². The predicted molar refractivity (Wildman–Crippen MR) is 143 cm³/mol. The van der Waals surface area contributed by atoms with Gasteiger partial charge < -0.3 is 9.64 Å². The van der Waals surface area contributed by atoms with Crippen molar-refractivity contribution in [2.75, 3.05) is 24.8 Å². The fourth-order valence-electron chi connectivity index (χ4n) is 6.48. The van der Waals surface area contributed by atoms with Crippen molar-refractivity contribution in [3.63, 3.8) is 0 Å². The van der Waals surface area contributed by atoms with Crippen LogP contribution < -0.4 is 15.2 Å². The number of rotatable bonds is 7. The second kappa shape index (κ2) is 8.79. The molecule has 1 fully saturated rings. The topological polar surface area (TPSA) is 54.8 Å². The predicted octanol–water partition coefficient (Wildman–Crippen LogP) is 4.96. The molecular weight excluding hydrogens is 500 g/mol. The van der Waals surface area contributed by atoms with Crippen LogP contribution in [0.15, 0.2) is 59.0 Å². The Morgan fingerprint density at radius 2 is 1.87 bits per heavy atom. The van der Waals surface area contributed by atoms with Crippen LogP contribution in [-0.2, 0) is 12.0 Å². The zero-order chi connectivity index (χ0) is 26.9. The number of hydrogen-bond acceptors (Lipinski definition) is 4. The molecule has 3 aliphatic carbocycles. The first-order valence-electron chi connectivity index (χ1n) is 13.7. The van der Waals surface area contributed by atoms with Gasteiger partial charge in [-0.15, -0.1) is 0 Å². The number of halogens is 2. The van der Waals surface area contributed by atoms with Crippen molar-refractivity contribution in [3.8, 4) is 5.75 Å². The van der Waals surface area contributed by atoms with Crippen LogP contribution in [0.1, 0.15) is 65.3 Å². The van der Waals surface area contributed by atoms with E-state index in [1.165, 1.54) is 12.1 Å². The van der Waals surface area contributed by atoms with Crippen molar-refractivity contribution >= 4 is 12.0 Å². The van der Waals surface area contributed by atoms with Crippen molar-refractivity contribution in [1.82, 2.24) is 9.58 Å². The molecule has 0 saturated heterocycles. The number of aromatic nitrogens is 1. The van der Waals surface area contributed by atoms with Crippen LogP contribution in [0.2, 0.25) is 0 Å². The van der Waals surface area contributed by atoms with E-state index in [4.69, 9.17) is 4.74 Å². The smallest absolute Gasteiger partial charge is 0.277 e. The van der Waals surface area contributed by atoms with E-state index in [2.05, 4.69) is 6.08 Å². The van der Waals surface area contributed by atoms with E-state index < -0.39 is 17.2 Å². The standard InChI is InChI=1S/C31H29F2N3O3/c1-2-3-14-39-29-26(37)12-13-35-28(29)30(38)34(17-19-8-9-19)18-36(35)31-21(15-20-6-4-5-7-23(20)31)16-22-24(31)10-11-25(32)27(22)33/h4-7,10-13,15,19H,2-3,8-9,14,16-18H2,1H3. The quantitative estimate of drug-likeness (QED) is 0.406. The number of benzene rings is 2. The lowest BCUT2D eigenvalue weighted by Crippen LogP contribution is -2.62. The Bertz CT molecular complexity index is 1610. The van der Waals surface area contributed by atoms with Crippen LogP contribution in [-0.4, -0.2) is 35.3 Å². The van der Waals surface area contributed by atoms with E-state index in [1.54, 1.807) is 21.8 Å². The molecule has 2 heterocycles. The molecule has 1 aliphatic heterocycles. The van der Waals surface area contributed by atoms with E-state index in [0.717, 1.165) is 42.4 Å². The minimum absolute atomic E-state index is 0.0400. The highest BCUT2D eigenvalue weighted by molar-refractivity contribution is 5.96. The van der Waals surface area contributed by atoms with Crippen molar-refractivity contribution in [3.05, 3.63) is 104 Å². The van der Waals surface area contributed by atoms with E-state index >= 15 is 4.39 Å². The Hall–Kier alpha value is -3.94. The van der Waals surface area contributed by atoms with Crippen LogP contribution in [0, 0.1) is 17.6 Å². The highest BCUT2D eigenvalue weighted by Gasteiger charge is 2.56. The molecule has 0 N–H and O–H groups in total. The molecule has 200 valence electrons. The van der Waals surface area contributed by atoms with E-state index in [0.29, 0.717) is 30.2 Å². The second-order valence-electron chi connectivity index (χ2n) is 10.9. The zero-order valence-corrected chi connectivity index (χ0v) is 21.8. The van der Waals surface area contributed by atoms with Gasteiger partial charge >= 0.3 is 0 Å². The lowest BCUT2D eigenvalue weighted by Gasteiger charge is -2.49. The minimum atomic E-state index is -0.979. The maximum absolute atomic E-state index is 15.3. The first-order valence-corrected chi connectivity index (χ1v) is 13.7. The number of unbranched alkanes of at least 4 members (excludes halogenated alkanes) is 1. The summed E-state index contributed by atoms with van der Waals surface area (Å²) in [5.74, 6) is -1.52. The number of ether oxygens (including phenoxy) is 1. The molecule has 2 aromatic carbocycles. The Morgan fingerprint density at radius 1 is 1.05 bits per heavy atom. The van der Waals surface area contributed by atoms with Crippen molar-refractivity contribution in [2.45, 2.75) is 44.6 Å². The Morgan fingerprint density at radius 3 is 2.67 bits per heavy atom. The van der Waals surface area contributed by atoms with E-state index in [1.807, 2.05) is 36.2 Å². The molecule has 0 radical (unpaired) electrons. The molecule has 1 amide bonds. The summed E-state index contributed by atoms with van der Waals surface area (Å²) in [6.45, 7) is 3.15. The molecule has 4 aliphatic rings. The first kappa shape index (κ1) is 24.1. The third kappa shape index (κ3) is 3.43. The summed E-state index contributed by atoms with van der Waals surface area (Å²) in [4.78, 5) is 28.8. The second-order valence-corrected chi connectivity index (χ2v) is 10.9. The number of carbonyl (C=O) groups excluding carboxylic acids is 1. The maximum Gasteiger partial charge on any atom is 0.277 e. The minimum Gasteiger partial charge on any atom is -0.487 e. The Kier molecular flexibility index (Phi) is 5.44. The third-order valence-corrected chi connectivity index (χ3v) is 8.49. The van der Waals surface area contributed by atoms with Crippen LogP contribution >= 0.6 is 0 Å². The average Bonchev–Trinajstić information content (AvgIpc) is 3.61. The van der Waals surface area contributed by atoms with Crippen LogP contribution in [0.25, 0.3) is 6.08 Å². The van der Waals surface area contributed by atoms with Gasteiger partial charge in [-0.3, -0.25) is 19.3 Å². The number of fused-ring (bicyclic) bond motifs is 6. The molecule has 8 heteroatoms. The molecule has 1 aromatic heterocycles. The van der Waals surface area contributed by atoms with Gasteiger partial charge in [0.05, 0.1) is 6.61 Å². The SMILES string of the molecule is CCCCOc1c2n(ccc1=O)N(C13C(=Cc4ccccc41)Cc1c3ccc(F)c1F)CN(CC1CC1)C2=O. The normalized spacial score (nSPS) is 20.9. The monoisotopic (exact) mass is 529 g/mol. The fourth-order valence-corrected chi connectivity index (χ4v) is 6.48. The van der Waals surface area contributed by atoms with Crippen molar-refractivity contribution in [1.29, 1.82) is 0 Å². The summed E-state index contributed by atoms with van der Waals surface area (Å²) in [6.07, 6.45) is 7.65. The average molecular weight is 530 g/mol. The fraction of sp³-hybridized carbons (Fsp3) is 0.355. The van der Waals surface area contributed by atoms with Gasteiger partial charge in [-0.05, 0) is 53.5 Å². The van der Waals surface area contributed by atoms with Crippen LogP contribution in [0.4, 0.5) is 8.78 Å². The summed E-state index contributed by atoms with van der Waals surface area (Å²) in [5, 5.41) is 2.04. The molecule has 1 atom stereocenters. The number of pyridine rings is 1. The number of nitrogens with zero attached hydrogens (tertiary/aromatic N) is 3. The number of hydrogen-bond donors (Lipinski definition) is 0. The summed E-state index contributed by atoms with van der Waals surface area (Å²) in [7, 11) is 0. The van der Waals surface area contributed by atoms with E-state index in [9.17, 15) is 14.0 Å². The Balaban J connectivity index is 1.49. The lowest BCUT2D eigenvalue weighted by atomic mass is 9.83. The van der Waals surface area contributed by atoms with Gasteiger partial charge in [-0.2, -0.15) is 0 Å². The van der Waals surface area contributed by atoms with E-state index in [-0.39, 0.29) is 35.9 Å².